The van der Waals surface area contributed by atoms with E-state index in [1.54, 1.807) is 6.20 Å². The Morgan fingerprint density at radius 2 is 2.27 bits per heavy atom. The van der Waals surface area contributed by atoms with Gasteiger partial charge in [-0.2, -0.15) is 5.10 Å². The van der Waals surface area contributed by atoms with Gasteiger partial charge in [0.1, 0.15) is 6.10 Å². The summed E-state index contributed by atoms with van der Waals surface area (Å²) in [6, 6.07) is 1.84. The predicted octanol–water partition coefficient (Wildman–Crippen LogP) is 2.09. The number of H-pyrrole nitrogens is 2. The number of carbonyl (C=O) groups excluding carboxylic acids is 2. The van der Waals surface area contributed by atoms with E-state index in [4.69, 9.17) is 4.74 Å². The smallest absolute Gasteiger partial charge is 0.407 e. The Bertz CT molecular complexity index is 727. The Balaban J connectivity index is 1.47. The molecule has 0 aromatic carbocycles. The molecule has 1 aliphatic carbocycles. The van der Waals surface area contributed by atoms with E-state index in [2.05, 4.69) is 30.8 Å². The fraction of sp³-hybridized carbons (Fsp3) is 0.529. The van der Waals surface area contributed by atoms with Gasteiger partial charge in [0.15, 0.2) is 5.82 Å². The van der Waals surface area contributed by atoms with E-state index in [1.165, 1.54) is 6.33 Å². The van der Waals surface area contributed by atoms with E-state index in [0.717, 1.165) is 37.1 Å². The monoisotopic (exact) mass is 360 g/mol. The zero-order chi connectivity index (χ0) is 18.4. The molecule has 2 aromatic heterocycles. The second-order valence-electron chi connectivity index (χ2n) is 6.47. The number of rotatable bonds is 7. The Hall–Kier alpha value is -2.84. The van der Waals surface area contributed by atoms with E-state index >= 15 is 0 Å². The molecule has 0 spiro atoms. The van der Waals surface area contributed by atoms with Crippen molar-refractivity contribution >= 4 is 17.8 Å². The van der Waals surface area contributed by atoms with Gasteiger partial charge in [0.2, 0.25) is 5.91 Å². The van der Waals surface area contributed by atoms with Crippen LogP contribution in [-0.2, 0) is 16.0 Å². The van der Waals surface area contributed by atoms with Crippen molar-refractivity contribution in [2.45, 2.75) is 51.0 Å². The van der Waals surface area contributed by atoms with Gasteiger partial charge in [-0.15, -0.1) is 0 Å². The van der Waals surface area contributed by atoms with Crippen LogP contribution in [0.2, 0.25) is 0 Å². The number of anilines is 1. The van der Waals surface area contributed by atoms with Crippen LogP contribution in [0.4, 0.5) is 10.6 Å². The third-order valence-electron chi connectivity index (χ3n) is 4.39. The van der Waals surface area contributed by atoms with Crippen molar-refractivity contribution in [3.8, 4) is 0 Å². The number of imidazole rings is 1. The van der Waals surface area contributed by atoms with Gasteiger partial charge >= 0.3 is 6.09 Å². The van der Waals surface area contributed by atoms with Crippen LogP contribution in [0.3, 0.4) is 0 Å². The van der Waals surface area contributed by atoms with Gasteiger partial charge in [-0.25, -0.2) is 9.78 Å². The molecule has 1 fully saturated rings. The number of nitrogens with zero attached hydrogens (tertiary/aromatic N) is 2. The van der Waals surface area contributed by atoms with E-state index < -0.39 is 0 Å². The minimum absolute atomic E-state index is 0.0847. The Labute approximate surface area is 151 Å². The molecule has 2 atom stereocenters. The number of ether oxygens (including phenoxy) is 1. The third-order valence-corrected chi connectivity index (χ3v) is 4.39. The summed E-state index contributed by atoms with van der Waals surface area (Å²) in [6.45, 7) is 2.62. The lowest BCUT2D eigenvalue weighted by Gasteiger charge is -2.12. The van der Waals surface area contributed by atoms with Crippen LogP contribution in [0.25, 0.3) is 0 Å². The Kier molecular flexibility index (Phi) is 5.88. The SMILES string of the molecule is CCCNC(=O)O[C@H]1CC[C@@H](c2cc(NC(=O)Cc3cnc[nH]3)n[nH]2)C1. The number of aromatic amines is 2. The van der Waals surface area contributed by atoms with E-state index in [9.17, 15) is 9.59 Å². The average Bonchev–Trinajstić information content (AvgIpc) is 3.35. The molecule has 3 rings (SSSR count). The summed E-state index contributed by atoms with van der Waals surface area (Å²) in [6.07, 6.45) is 6.30. The summed E-state index contributed by atoms with van der Waals surface area (Å²) in [4.78, 5) is 30.4. The van der Waals surface area contributed by atoms with Crippen molar-refractivity contribution < 1.29 is 14.3 Å². The molecule has 2 amide bonds. The summed E-state index contributed by atoms with van der Waals surface area (Å²) in [5.74, 6) is 0.576. The lowest BCUT2D eigenvalue weighted by molar-refractivity contribution is -0.115. The minimum atomic E-state index is -0.353. The van der Waals surface area contributed by atoms with Gasteiger partial charge in [-0.05, 0) is 25.7 Å². The zero-order valence-corrected chi connectivity index (χ0v) is 14.7. The number of aromatic nitrogens is 4. The molecule has 0 aliphatic heterocycles. The number of hydrogen-bond donors (Lipinski definition) is 4. The molecule has 1 aliphatic rings. The largest absolute Gasteiger partial charge is 0.446 e. The fourth-order valence-electron chi connectivity index (χ4n) is 3.10. The van der Waals surface area contributed by atoms with Crippen LogP contribution in [0.5, 0.6) is 0 Å². The van der Waals surface area contributed by atoms with Crippen LogP contribution in [0.15, 0.2) is 18.6 Å². The van der Waals surface area contributed by atoms with E-state index in [0.29, 0.717) is 12.4 Å². The fourth-order valence-corrected chi connectivity index (χ4v) is 3.10. The van der Waals surface area contributed by atoms with Crippen LogP contribution in [0.1, 0.15) is 49.9 Å². The number of hydrogen-bond acceptors (Lipinski definition) is 5. The molecule has 26 heavy (non-hydrogen) atoms. The van der Waals surface area contributed by atoms with Crippen molar-refractivity contribution in [2.24, 2.45) is 0 Å². The highest BCUT2D eigenvalue weighted by molar-refractivity contribution is 5.91. The Morgan fingerprint density at radius 3 is 3.04 bits per heavy atom. The van der Waals surface area contributed by atoms with E-state index in [1.807, 2.05) is 13.0 Å². The van der Waals surface area contributed by atoms with Crippen molar-refractivity contribution in [1.29, 1.82) is 0 Å². The normalized spacial score (nSPS) is 19.3. The van der Waals surface area contributed by atoms with Crippen LogP contribution in [-0.4, -0.2) is 44.8 Å². The molecular weight excluding hydrogens is 336 g/mol. The van der Waals surface area contributed by atoms with Crippen LogP contribution >= 0.6 is 0 Å². The first-order chi connectivity index (χ1) is 12.6. The van der Waals surface area contributed by atoms with Gasteiger partial charge in [0, 0.05) is 36.1 Å². The highest BCUT2D eigenvalue weighted by atomic mass is 16.6. The topological polar surface area (TPSA) is 125 Å². The highest BCUT2D eigenvalue weighted by Gasteiger charge is 2.29. The molecule has 1 saturated carbocycles. The van der Waals surface area contributed by atoms with Gasteiger partial charge in [-0.3, -0.25) is 9.89 Å². The number of nitrogens with one attached hydrogen (secondary N) is 4. The number of amides is 2. The average molecular weight is 360 g/mol. The van der Waals surface area contributed by atoms with E-state index in [-0.39, 0.29) is 30.4 Å². The first-order valence-electron chi connectivity index (χ1n) is 8.91. The maximum absolute atomic E-state index is 12.0. The van der Waals surface area contributed by atoms with Crippen molar-refractivity contribution in [3.63, 3.8) is 0 Å². The molecular formula is C17H24N6O3. The standard InChI is InChI=1S/C17H24N6O3/c1-2-5-19-17(25)26-13-4-3-11(6-13)14-8-15(23-22-14)21-16(24)7-12-9-18-10-20-12/h8-11,13H,2-7H2,1H3,(H,18,20)(H,19,25)(H2,21,22,23,24)/t11-,13+/m1/s1. The molecule has 0 unspecified atom stereocenters. The molecule has 9 nitrogen and oxygen atoms in total. The van der Waals surface area contributed by atoms with Crippen LogP contribution in [0, 0.1) is 0 Å². The molecule has 2 heterocycles. The molecule has 4 N–H and O–H groups in total. The quantitative estimate of drug-likeness (QED) is 0.602. The summed E-state index contributed by atoms with van der Waals surface area (Å²) in [5, 5.41) is 12.6. The van der Waals surface area contributed by atoms with Gasteiger partial charge in [-0.1, -0.05) is 6.92 Å². The summed E-state index contributed by atoms with van der Waals surface area (Å²) in [5.41, 5.74) is 1.69. The maximum Gasteiger partial charge on any atom is 0.407 e. The first-order valence-corrected chi connectivity index (χ1v) is 8.91. The van der Waals surface area contributed by atoms with Crippen molar-refractivity contribution in [2.75, 3.05) is 11.9 Å². The second-order valence-corrected chi connectivity index (χ2v) is 6.47. The Morgan fingerprint density at radius 1 is 1.38 bits per heavy atom. The maximum atomic E-state index is 12.0. The molecule has 140 valence electrons. The third kappa shape index (κ3) is 4.84. The van der Waals surface area contributed by atoms with Gasteiger partial charge in [0.05, 0.1) is 12.7 Å². The predicted molar refractivity (Wildman–Crippen MR) is 94.7 cm³/mol. The molecule has 2 aromatic rings. The summed E-state index contributed by atoms with van der Waals surface area (Å²) >= 11 is 0. The molecule has 9 heteroatoms. The van der Waals surface area contributed by atoms with Crippen molar-refractivity contribution in [3.05, 3.63) is 30.0 Å². The lowest BCUT2D eigenvalue weighted by Crippen LogP contribution is -2.28. The molecule has 0 radical (unpaired) electrons. The number of carbonyl (C=O) groups is 2. The van der Waals surface area contributed by atoms with Gasteiger partial charge < -0.3 is 20.4 Å². The van der Waals surface area contributed by atoms with Gasteiger partial charge in [0.25, 0.3) is 0 Å². The van der Waals surface area contributed by atoms with Crippen molar-refractivity contribution in [1.82, 2.24) is 25.5 Å². The lowest BCUT2D eigenvalue weighted by atomic mass is 10.0. The summed E-state index contributed by atoms with van der Waals surface area (Å²) < 4.78 is 5.43. The first kappa shape index (κ1) is 18.0. The zero-order valence-electron chi connectivity index (χ0n) is 14.7. The molecule has 0 saturated heterocycles. The summed E-state index contributed by atoms with van der Waals surface area (Å²) in [7, 11) is 0. The molecule has 0 bridgehead atoms. The highest BCUT2D eigenvalue weighted by Crippen LogP contribution is 2.35. The minimum Gasteiger partial charge on any atom is -0.446 e. The number of alkyl carbamates (subject to hydrolysis) is 1. The van der Waals surface area contributed by atoms with Crippen LogP contribution < -0.4 is 10.6 Å². The second kappa shape index (κ2) is 8.50.